The quantitative estimate of drug-likeness (QED) is 0.0560. The predicted molar refractivity (Wildman–Crippen MR) is 184 cm³/mol. The Bertz CT molecular complexity index is 614. The number of hydrogen-bond acceptors (Lipinski definition) is 4. The van der Waals surface area contributed by atoms with E-state index in [4.69, 9.17) is 5.73 Å². The number of nitrogens with one attached hydrogen (secondary N) is 1. The summed E-state index contributed by atoms with van der Waals surface area (Å²) in [6, 6.07) is 0. The fraction of sp³-hybridized carbons (Fsp3) is 0.917. The van der Waals surface area contributed by atoms with Crippen molar-refractivity contribution in [1.82, 2.24) is 5.32 Å². The largest absolute Gasteiger partial charge is 0.369 e. The third-order valence-corrected chi connectivity index (χ3v) is 9.35. The third kappa shape index (κ3) is 35.2. The maximum Gasteiger partial charge on any atom is 0.235 e. The van der Waals surface area contributed by atoms with Gasteiger partial charge in [0.05, 0.1) is 0 Å². The number of rotatable bonds is 34. The zero-order chi connectivity index (χ0) is 30.8. The van der Waals surface area contributed by atoms with Crippen LogP contribution in [0, 0.1) is 0 Å². The standard InChI is InChI=1S/C36H70N2O3S/c1-2-3-4-5-6-7-8-9-10-11-12-13-14-15-16-17-19-22-25-28-31-42-32-29-26-23-20-18-21-24-27-30-35(40)38-36(41)33-34(37)39/h2-33H2,1H3,(H2,37,39)(H,38,40,41). The van der Waals surface area contributed by atoms with Crippen molar-refractivity contribution >= 4 is 29.5 Å². The molecule has 0 aliphatic rings. The molecule has 0 saturated heterocycles. The van der Waals surface area contributed by atoms with Crippen LogP contribution in [0.15, 0.2) is 0 Å². The van der Waals surface area contributed by atoms with E-state index in [1.165, 1.54) is 172 Å². The molecule has 0 aromatic rings. The van der Waals surface area contributed by atoms with Crippen molar-refractivity contribution in [2.24, 2.45) is 5.73 Å². The second kappa shape index (κ2) is 34.5. The summed E-state index contributed by atoms with van der Waals surface area (Å²) in [7, 11) is 0. The maximum absolute atomic E-state index is 11.6. The number of nitrogens with two attached hydrogens (primary N) is 1. The summed E-state index contributed by atoms with van der Waals surface area (Å²) in [5.41, 5.74) is 4.94. The summed E-state index contributed by atoms with van der Waals surface area (Å²) in [6.45, 7) is 2.30. The first kappa shape index (κ1) is 41.0. The highest BCUT2D eigenvalue weighted by Gasteiger charge is 2.09. The lowest BCUT2D eigenvalue weighted by molar-refractivity contribution is -0.132. The number of amides is 3. The summed E-state index contributed by atoms with van der Waals surface area (Å²) in [4.78, 5) is 33.6. The van der Waals surface area contributed by atoms with Crippen LogP contribution in [-0.4, -0.2) is 29.2 Å². The number of carbonyl (C=O) groups is 3. The summed E-state index contributed by atoms with van der Waals surface area (Å²) in [5, 5.41) is 2.20. The van der Waals surface area contributed by atoms with Gasteiger partial charge in [0.2, 0.25) is 17.7 Å². The second-order valence-electron chi connectivity index (χ2n) is 12.5. The first-order valence-corrected chi connectivity index (χ1v) is 19.4. The first-order chi connectivity index (χ1) is 20.6. The van der Waals surface area contributed by atoms with Crippen LogP contribution < -0.4 is 11.1 Å². The Labute approximate surface area is 265 Å². The number of unbranched alkanes of at least 4 members (excludes halogenated alkanes) is 26. The molecule has 5 nitrogen and oxygen atoms in total. The molecule has 0 heterocycles. The van der Waals surface area contributed by atoms with Crippen LogP contribution in [0.2, 0.25) is 0 Å². The molecule has 0 aliphatic carbocycles. The van der Waals surface area contributed by atoms with Crippen LogP contribution in [0.4, 0.5) is 0 Å². The van der Waals surface area contributed by atoms with Crippen LogP contribution in [0.1, 0.15) is 200 Å². The zero-order valence-electron chi connectivity index (χ0n) is 27.8. The molecule has 42 heavy (non-hydrogen) atoms. The van der Waals surface area contributed by atoms with Crippen LogP contribution >= 0.6 is 11.8 Å². The van der Waals surface area contributed by atoms with E-state index in [9.17, 15) is 14.4 Å². The van der Waals surface area contributed by atoms with Gasteiger partial charge in [-0.15, -0.1) is 0 Å². The molecule has 0 aromatic heterocycles. The summed E-state index contributed by atoms with van der Waals surface area (Å²) < 4.78 is 0. The van der Waals surface area contributed by atoms with Gasteiger partial charge in [-0.05, 0) is 30.8 Å². The molecule has 0 fully saturated rings. The van der Waals surface area contributed by atoms with Gasteiger partial charge in [-0.2, -0.15) is 11.8 Å². The van der Waals surface area contributed by atoms with Gasteiger partial charge < -0.3 is 5.73 Å². The van der Waals surface area contributed by atoms with Gasteiger partial charge >= 0.3 is 0 Å². The smallest absolute Gasteiger partial charge is 0.235 e. The molecule has 0 saturated carbocycles. The molecule has 3 N–H and O–H groups in total. The Kier molecular flexibility index (Phi) is 33.6. The summed E-state index contributed by atoms with van der Waals surface area (Å²) >= 11 is 2.14. The first-order valence-electron chi connectivity index (χ1n) is 18.2. The van der Waals surface area contributed by atoms with E-state index >= 15 is 0 Å². The number of primary amides is 1. The van der Waals surface area contributed by atoms with Crippen LogP contribution in [0.5, 0.6) is 0 Å². The van der Waals surface area contributed by atoms with E-state index in [2.05, 4.69) is 24.0 Å². The van der Waals surface area contributed by atoms with Crippen molar-refractivity contribution in [3.63, 3.8) is 0 Å². The average molecular weight is 611 g/mol. The van der Waals surface area contributed by atoms with Gasteiger partial charge in [0.1, 0.15) is 6.42 Å². The fourth-order valence-electron chi connectivity index (χ4n) is 5.53. The van der Waals surface area contributed by atoms with E-state index in [-0.39, 0.29) is 5.91 Å². The summed E-state index contributed by atoms with van der Waals surface area (Å²) in [6.07, 6.45) is 38.2. The van der Waals surface area contributed by atoms with E-state index < -0.39 is 18.2 Å². The average Bonchev–Trinajstić information content (AvgIpc) is 2.95. The minimum Gasteiger partial charge on any atom is -0.369 e. The van der Waals surface area contributed by atoms with E-state index in [0.29, 0.717) is 6.42 Å². The van der Waals surface area contributed by atoms with Crippen LogP contribution in [0.3, 0.4) is 0 Å². The molecule has 0 aromatic carbocycles. The number of hydrogen-bond donors (Lipinski definition) is 2. The van der Waals surface area contributed by atoms with Gasteiger partial charge in [0.15, 0.2) is 0 Å². The van der Waals surface area contributed by atoms with Gasteiger partial charge in [-0.3, -0.25) is 19.7 Å². The fourth-order valence-corrected chi connectivity index (χ4v) is 6.55. The molecule has 0 radical (unpaired) electrons. The zero-order valence-corrected chi connectivity index (χ0v) is 28.7. The molecule has 0 aliphatic heterocycles. The lowest BCUT2D eigenvalue weighted by Crippen LogP contribution is -2.33. The molecule has 0 spiro atoms. The molecule has 0 unspecified atom stereocenters. The van der Waals surface area contributed by atoms with E-state index in [1.807, 2.05) is 0 Å². The molecule has 248 valence electrons. The second-order valence-corrected chi connectivity index (χ2v) is 13.7. The third-order valence-electron chi connectivity index (χ3n) is 8.20. The molecule has 0 atom stereocenters. The molecule has 3 amide bonds. The number of imide groups is 1. The Balaban J connectivity index is 3.13. The molecular weight excluding hydrogens is 540 g/mol. The van der Waals surface area contributed by atoms with Crippen molar-refractivity contribution in [2.75, 3.05) is 11.5 Å². The van der Waals surface area contributed by atoms with Crippen LogP contribution in [0.25, 0.3) is 0 Å². The monoisotopic (exact) mass is 611 g/mol. The molecule has 0 bridgehead atoms. The minimum absolute atomic E-state index is 0.311. The molecular formula is C36H70N2O3S. The van der Waals surface area contributed by atoms with Gasteiger partial charge in [0, 0.05) is 6.42 Å². The van der Waals surface area contributed by atoms with Gasteiger partial charge in [-0.25, -0.2) is 0 Å². The highest BCUT2D eigenvalue weighted by atomic mass is 32.2. The van der Waals surface area contributed by atoms with E-state index in [1.54, 1.807) is 0 Å². The van der Waals surface area contributed by atoms with Crippen molar-refractivity contribution in [2.45, 2.75) is 200 Å². The SMILES string of the molecule is CCCCCCCCCCCCCCCCCCCCCCSCCCCCCCCCCC(=O)NC(=O)CC(N)=O. The number of thioether (sulfide) groups is 1. The van der Waals surface area contributed by atoms with Gasteiger partial charge in [-0.1, -0.05) is 167 Å². The summed E-state index contributed by atoms with van der Waals surface area (Å²) in [5.74, 6) is 1.01. The molecule has 0 rings (SSSR count). The normalized spacial score (nSPS) is 11.2. The van der Waals surface area contributed by atoms with Crippen molar-refractivity contribution in [1.29, 1.82) is 0 Å². The van der Waals surface area contributed by atoms with Gasteiger partial charge in [0.25, 0.3) is 0 Å². The Morgan fingerprint density at radius 2 is 0.762 bits per heavy atom. The molecule has 6 heteroatoms. The highest BCUT2D eigenvalue weighted by molar-refractivity contribution is 7.99. The Morgan fingerprint density at radius 1 is 0.452 bits per heavy atom. The highest BCUT2D eigenvalue weighted by Crippen LogP contribution is 2.16. The lowest BCUT2D eigenvalue weighted by atomic mass is 10.0. The maximum atomic E-state index is 11.6. The van der Waals surface area contributed by atoms with Crippen molar-refractivity contribution in [3.8, 4) is 0 Å². The van der Waals surface area contributed by atoms with Crippen molar-refractivity contribution < 1.29 is 14.4 Å². The Hall–Kier alpha value is -1.04. The number of carbonyl (C=O) groups excluding carboxylic acids is 3. The Morgan fingerprint density at radius 3 is 1.10 bits per heavy atom. The topological polar surface area (TPSA) is 89.3 Å². The predicted octanol–water partition coefficient (Wildman–Crippen LogP) is 10.6. The lowest BCUT2D eigenvalue weighted by Gasteiger charge is -2.05. The van der Waals surface area contributed by atoms with Crippen LogP contribution in [-0.2, 0) is 14.4 Å². The minimum atomic E-state index is -0.718. The van der Waals surface area contributed by atoms with E-state index in [0.717, 1.165) is 19.3 Å². The van der Waals surface area contributed by atoms with Crippen molar-refractivity contribution in [3.05, 3.63) is 0 Å².